The van der Waals surface area contributed by atoms with E-state index in [4.69, 9.17) is 29.5 Å². The number of carbonyl (C=O) groups is 1. The van der Waals surface area contributed by atoms with Gasteiger partial charge in [0, 0.05) is 23.3 Å². The maximum Gasteiger partial charge on any atom is 0.490 e. The van der Waals surface area contributed by atoms with E-state index in [1.165, 1.54) is 52.5 Å². The number of imidazole rings is 1. The Hall–Kier alpha value is -1.93. The van der Waals surface area contributed by atoms with Gasteiger partial charge in [0.25, 0.3) is 5.91 Å². The van der Waals surface area contributed by atoms with Gasteiger partial charge in [0.1, 0.15) is 30.1 Å². The first-order valence-electron chi connectivity index (χ1n) is 12.9. The van der Waals surface area contributed by atoms with E-state index in [9.17, 15) is 28.3 Å². The molecule has 5 atom stereocenters. The van der Waals surface area contributed by atoms with Gasteiger partial charge in [0.05, 0.1) is 19.0 Å². The second-order valence-electron chi connectivity index (χ2n) is 9.86. The van der Waals surface area contributed by atoms with Crippen molar-refractivity contribution in [1.29, 1.82) is 0 Å². The molecular weight excluding hydrogens is 713 g/mol. The average molecular weight is 747 g/mol. The molecule has 1 aliphatic heterocycles. The summed E-state index contributed by atoms with van der Waals surface area (Å²) in [6, 6.07) is 0. The van der Waals surface area contributed by atoms with E-state index >= 15 is 0 Å². The minimum Gasteiger partial charge on any atom is -0.382 e. The number of anilines is 1. The van der Waals surface area contributed by atoms with Gasteiger partial charge in [-0.15, -0.1) is 0 Å². The molecule has 24 heteroatoms. The second kappa shape index (κ2) is 16.0. The highest BCUT2D eigenvalue weighted by atomic mass is 33.1. The van der Waals surface area contributed by atoms with E-state index in [-0.39, 0.29) is 24.1 Å². The van der Waals surface area contributed by atoms with Gasteiger partial charge >= 0.3 is 23.5 Å². The Morgan fingerprint density at radius 1 is 1.20 bits per heavy atom. The fourth-order valence-corrected chi connectivity index (χ4v) is 9.04. The van der Waals surface area contributed by atoms with Crippen LogP contribution in [0.3, 0.4) is 0 Å². The third-order valence-corrected chi connectivity index (χ3v) is 12.5. The molecule has 19 nitrogen and oxygen atoms in total. The van der Waals surface area contributed by atoms with E-state index in [2.05, 4.69) is 42.0 Å². The number of aromatic nitrogens is 4. The molecule has 0 radical (unpaired) electrons. The number of amides is 1. The van der Waals surface area contributed by atoms with Gasteiger partial charge in [0.2, 0.25) is 0 Å². The van der Waals surface area contributed by atoms with Gasteiger partial charge < -0.3 is 40.1 Å². The number of allylic oxidation sites excluding steroid dienone is 2. The number of hydrogen-bond donors (Lipinski definition) is 6. The summed E-state index contributed by atoms with van der Waals surface area (Å²) in [6.07, 6.45) is 4.60. The summed E-state index contributed by atoms with van der Waals surface area (Å²) in [7, 11) is -14.0. The van der Waals surface area contributed by atoms with Crippen molar-refractivity contribution in [3.63, 3.8) is 0 Å². The molecule has 46 heavy (non-hydrogen) atoms. The molecule has 2 aromatic rings. The summed E-state index contributed by atoms with van der Waals surface area (Å²) < 4.78 is 60.4. The molecule has 2 aromatic heterocycles. The van der Waals surface area contributed by atoms with Crippen LogP contribution in [0, 0.1) is 0 Å². The van der Waals surface area contributed by atoms with Gasteiger partial charge in [-0.2, -0.15) is 8.62 Å². The molecule has 3 heterocycles. The Balaban J connectivity index is 1.66. The number of nitrogens with one attached hydrogen (secondary N) is 1. The SMILES string of the molecule is C=C/C=C(\C=C)C(=O)NCC(C)(C)SSCOC1C[C@H](n2cnc3c(N)ncnc32)O[C@@H]1COP(=O)(O)OP(=O)(O)OP(=O)(O)O. The molecule has 0 bridgehead atoms. The summed E-state index contributed by atoms with van der Waals surface area (Å²) in [6.45, 7) is 10.6. The maximum atomic E-state index is 12.3. The molecule has 0 spiro atoms. The number of phosphoric acid groups is 3. The zero-order chi connectivity index (χ0) is 34.3. The minimum atomic E-state index is -5.71. The van der Waals surface area contributed by atoms with Crippen LogP contribution in [0.25, 0.3) is 11.2 Å². The van der Waals surface area contributed by atoms with E-state index in [1.807, 2.05) is 13.8 Å². The molecular formula is C22H33N6O13P3S2. The van der Waals surface area contributed by atoms with Gasteiger partial charge in [0.15, 0.2) is 11.5 Å². The summed E-state index contributed by atoms with van der Waals surface area (Å²) in [4.78, 5) is 61.4. The third-order valence-electron chi connectivity index (χ3n) is 5.76. The number of nitrogens with two attached hydrogens (primary N) is 1. The van der Waals surface area contributed by atoms with Crippen molar-refractivity contribution in [2.24, 2.45) is 0 Å². The van der Waals surface area contributed by atoms with Crippen LogP contribution in [0.1, 0.15) is 26.5 Å². The maximum absolute atomic E-state index is 12.3. The van der Waals surface area contributed by atoms with Crippen LogP contribution >= 0.6 is 45.1 Å². The highest BCUT2D eigenvalue weighted by molar-refractivity contribution is 8.77. The number of fused-ring (bicyclic) bond motifs is 1. The van der Waals surface area contributed by atoms with Crippen LogP contribution in [-0.2, 0) is 41.1 Å². The molecule has 1 aliphatic rings. The Bertz CT molecular complexity index is 1600. The highest BCUT2D eigenvalue weighted by Gasteiger charge is 2.43. The number of rotatable bonds is 18. The van der Waals surface area contributed by atoms with E-state index in [0.717, 1.165) is 0 Å². The van der Waals surface area contributed by atoms with Crippen LogP contribution in [0.15, 0.2) is 49.6 Å². The molecule has 3 rings (SSSR count). The predicted octanol–water partition coefficient (Wildman–Crippen LogP) is 2.96. The van der Waals surface area contributed by atoms with Crippen molar-refractivity contribution < 1.29 is 60.7 Å². The fraction of sp³-hybridized carbons (Fsp3) is 0.455. The lowest BCUT2D eigenvalue weighted by Crippen LogP contribution is -2.36. The van der Waals surface area contributed by atoms with E-state index < -0.39 is 53.3 Å². The number of nitrogens with zero attached hydrogens (tertiary/aromatic N) is 4. The van der Waals surface area contributed by atoms with Gasteiger partial charge in [-0.1, -0.05) is 53.0 Å². The minimum absolute atomic E-state index is 0.0859. The van der Waals surface area contributed by atoms with Crippen molar-refractivity contribution in [3.8, 4) is 0 Å². The van der Waals surface area contributed by atoms with Crippen molar-refractivity contribution in [2.75, 3.05) is 24.8 Å². The third kappa shape index (κ3) is 11.6. The monoisotopic (exact) mass is 746 g/mol. The number of nitrogen functional groups attached to an aromatic ring is 1. The molecule has 1 fully saturated rings. The van der Waals surface area contributed by atoms with Crippen molar-refractivity contribution >= 4 is 67.9 Å². The first-order chi connectivity index (χ1) is 21.4. The number of carbonyl (C=O) groups excluding carboxylic acids is 1. The van der Waals surface area contributed by atoms with Crippen LogP contribution in [0.4, 0.5) is 5.82 Å². The summed E-state index contributed by atoms with van der Waals surface area (Å²) in [5, 5.41) is 2.83. The highest BCUT2D eigenvalue weighted by Crippen LogP contribution is 2.66. The number of hydrogen-bond acceptors (Lipinski definition) is 15. The van der Waals surface area contributed by atoms with Gasteiger partial charge in [-0.25, -0.2) is 28.6 Å². The molecule has 1 saturated heterocycles. The molecule has 0 aliphatic carbocycles. The fourth-order valence-electron chi connectivity index (χ4n) is 3.84. The summed E-state index contributed by atoms with van der Waals surface area (Å²) >= 11 is 0. The van der Waals surface area contributed by atoms with Crippen LogP contribution in [0.5, 0.6) is 0 Å². The van der Waals surface area contributed by atoms with Crippen LogP contribution in [0.2, 0.25) is 0 Å². The second-order valence-corrected chi connectivity index (χ2v) is 17.2. The van der Waals surface area contributed by atoms with Crippen LogP contribution < -0.4 is 11.1 Å². The summed E-state index contributed by atoms with van der Waals surface area (Å²) in [5.41, 5.74) is 6.88. The average Bonchev–Trinajstić information content (AvgIpc) is 3.54. The van der Waals surface area contributed by atoms with Crippen molar-refractivity contribution in [1.82, 2.24) is 24.8 Å². The molecule has 3 unspecified atom stereocenters. The molecule has 7 N–H and O–H groups in total. The van der Waals surface area contributed by atoms with Gasteiger partial charge in [-0.3, -0.25) is 13.9 Å². The van der Waals surface area contributed by atoms with Gasteiger partial charge in [-0.05, 0) is 13.8 Å². The zero-order valence-electron chi connectivity index (χ0n) is 24.3. The molecule has 0 aromatic carbocycles. The number of ether oxygens (including phenoxy) is 2. The number of phosphoric ester groups is 1. The largest absolute Gasteiger partial charge is 0.490 e. The lowest BCUT2D eigenvalue weighted by Gasteiger charge is -2.24. The molecule has 1 amide bonds. The summed E-state index contributed by atoms with van der Waals surface area (Å²) in [5.74, 6) is -0.0944. The van der Waals surface area contributed by atoms with Crippen molar-refractivity contribution in [3.05, 3.63) is 49.6 Å². The molecule has 256 valence electrons. The van der Waals surface area contributed by atoms with Crippen molar-refractivity contribution in [2.45, 2.75) is 43.5 Å². The first kappa shape index (κ1) is 38.5. The quantitative estimate of drug-likeness (QED) is 0.0319. The first-order valence-corrected chi connectivity index (χ1v) is 19.7. The Kier molecular flexibility index (Phi) is 13.4. The van der Waals surface area contributed by atoms with Crippen LogP contribution in [-0.4, -0.2) is 81.0 Å². The standard InChI is InChI=1S/C22H33N6O13P3S2/c1-5-7-14(6-2)21(29)24-10-22(3,4)46-45-13-37-15-8-17(28-12-27-18-19(23)25-11-26-20(18)28)39-16(15)9-38-43(33,34)41-44(35,36)40-42(30,31)32/h5-7,11-12,15-17H,1-2,8-10,13H2,3-4H3,(H,24,29)(H,33,34)(H,35,36)(H2,23,25,26)(H2,30,31,32)/b14-7+/t15?,16-,17-/m1/s1. The zero-order valence-corrected chi connectivity index (χ0v) is 28.7. The Labute approximate surface area is 270 Å². The topological polar surface area (TPSA) is 277 Å². The predicted molar refractivity (Wildman–Crippen MR) is 169 cm³/mol. The Morgan fingerprint density at radius 3 is 2.57 bits per heavy atom. The van der Waals surface area contributed by atoms with E-state index in [0.29, 0.717) is 23.3 Å². The normalized spacial score (nSPS) is 21.9. The lowest BCUT2D eigenvalue weighted by atomic mass is 10.2. The smallest absolute Gasteiger partial charge is 0.382 e. The van der Waals surface area contributed by atoms with E-state index in [1.54, 1.807) is 4.57 Å². The lowest BCUT2D eigenvalue weighted by molar-refractivity contribution is -0.117. The molecule has 0 saturated carbocycles. The Morgan fingerprint density at radius 2 is 1.91 bits per heavy atom.